The van der Waals surface area contributed by atoms with E-state index in [-0.39, 0.29) is 34.8 Å². The van der Waals surface area contributed by atoms with Crippen molar-refractivity contribution in [3.05, 3.63) is 29.8 Å². The van der Waals surface area contributed by atoms with Crippen LogP contribution in [-0.4, -0.2) is 17.1 Å². The number of aliphatic imine (C=N–C) groups is 1. The number of esters is 1. The van der Waals surface area contributed by atoms with Crippen LogP contribution in [0, 0.1) is 5.92 Å². The molecule has 1 aromatic rings. The highest BCUT2D eigenvalue weighted by Gasteiger charge is 2.08. The fourth-order valence-corrected chi connectivity index (χ4v) is 1.84. The summed E-state index contributed by atoms with van der Waals surface area (Å²) in [5.41, 5.74) is 7.82. The minimum Gasteiger partial charge on any atom is -0.454 e. The number of hydrogen-bond donors (Lipinski definition) is 1. The number of nitrogens with two attached hydrogens (primary N) is 1. The number of thioether (sulfide) groups is 1. The van der Waals surface area contributed by atoms with Gasteiger partial charge in [0.15, 0.2) is 5.17 Å². The van der Waals surface area contributed by atoms with Crippen LogP contribution in [-0.2, 0) is 16.0 Å². The normalized spacial score (nSPS) is 11.1. The molecule has 0 unspecified atom stereocenters. The molecule has 0 aliphatic rings. The average molecular weight is 361 g/mol. The number of carbonyl (C=O) groups excluding carboxylic acids is 1. The van der Waals surface area contributed by atoms with Crippen molar-refractivity contribution in [3.8, 4) is 0 Å². The Balaban J connectivity index is 0.00000361. The van der Waals surface area contributed by atoms with Gasteiger partial charge in [0.05, 0.1) is 11.6 Å². The second kappa shape index (κ2) is 9.83. The first kappa shape index (κ1) is 19.0. The standard InChI is InChI=1S/C14H20N2O2S.BrH/c1-4-11-7-5-6-8-12(11)16-14(15)19-9-18-13(17)10(2)3;/h5-8,10H,4,9H2,1-3H3,(H2,15,16);1H. The third kappa shape index (κ3) is 6.43. The van der Waals surface area contributed by atoms with Crippen molar-refractivity contribution in [3.63, 3.8) is 0 Å². The van der Waals surface area contributed by atoms with Crippen LogP contribution in [0.2, 0.25) is 0 Å². The van der Waals surface area contributed by atoms with Crippen LogP contribution in [0.1, 0.15) is 26.3 Å². The minimum absolute atomic E-state index is 0. The van der Waals surface area contributed by atoms with Crippen LogP contribution in [0.3, 0.4) is 0 Å². The third-order valence-corrected chi connectivity index (χ3v) is 3.11. The Morgan fingerprint density at radius 1 is 1.40 bits per heavy atom. The van der Waals surface area contributed by atoms with Crippen LogP contribution in [0.5, 0.6) is 0 Å². The van der Waals surface area contributed by atoms with E-state index in [1.807, 2.05) is 24.3 Å². The van der Waals surface area contributed by atoms with Crippen molar-refractivity contribution in [2.24, 2.45) is 16.6 Å². The molecule has 0 aromatic heterocycles. The first-order chi connectivity index (χ1) is 9.04. The highest BCUT2D eigenvalue weighted by Crippen LogP contribution is 2.20. The van der Waals surface area contributed by atoms with Crippen LogP contribution >= 0.6 is 28.7 Å². The highest BCUT2D eigenvalue weighted by atomic mass is 79.9. The van der Waals surface area contributed by atoms with E-state index < -0.39 is 0 Å². The fraction of sp³-hybridized carbons (Fsp3) is 0.429. The van der Waals surface area contributed by atoms with E-state index >= 15 is 0 Å². The molecule has 1 aromatic carbocycles. The Kier molecular flexibility index (Phi) is 9.33. The summed E-state index contributed by atoms with van der Waals surface area (Å²) in [4.78, 5) is 15.6. The van der Waals surface area contributed by atoms with Crippen molar-refractivity contribution in [1.82, 2.24) is 0 Å². The van der Waals surface area contributed by atoms with Crippen molar-refractivity contribution in [1.29, 1.82) is 0 Å². The van der Waals surface area contributed by atoms with Gasteiger partial charge in [-0.2, -0.15) is 0 Å². The molecule has 0 radical (unpaired) electrons. The van der Waals surface area contributed by atoms with Gasteiger partial charge in [0.25, 0.3) is 0 Å². The SMILES string of the molecule is Br.CCc1ccccc1/N=C(\N)SCOC(=O)C(C)C. The number of rotatable bonds is 5. The highest BCUT2D eigenvalue weighted by molar-refractivity contribution is 8.93. The second-order valence-corrected chi connectivity index (χ2v) is 5.26. The molecule has 0 heterocycles. The molecule has 6 heteroatoms. The number of aryl methyl sites for hydroxylation is 1. The average Bonchev–Trinajstić information content (AvgIpc) is 2.39. The number of amidine groups is 1. The van der Waals surface area contributed by atoms with Gasteiger partial charge in [0, 0.05) is 0 Å². The third-order valence-electron chi connectivity index (χ3n) is 2.48. The lowest BCUT2D eigenvalue weighted by Gasteiger charge is -2.07. The molecular formula is C14H21BrN2O2S. The van der Waals surface area contributed by atoms with E-state index in [9.17, 15) is 4.79 Å². The molecule has 112 valence electrons. The topological polar surface area (TPSA) is 64.7 Å². The predicted octanol–water partition coefficient (Wildman–Crippen LogP) is 3.66. The second-order valence-electron chi connectivity index (χ2n) is 4.31. The number of halogens is 1. The summed E-state index contributed by atoms with van der Waals surface area (Å²) < 4.78 is 5.03. The zero-order valence-electron chi connectivity index (χ0n) is 12.0. The maximum Gasteiger partial charge on any atom is 0.309 e. The largest absolute Gasteiger partial charge is 0.454 e. The maximum atomic E-state index is 11.3. The van der Waals surface area contributed by atoms with E-state index in [1.54, 1.807) is 13.8 Å². The molecule has 2 N–H and O–H groups in total. The number of benzene rings is 1. The summed E-state index contributed by atoms with van der Waals surface area (Å²) in [6.07, 6.45) is 0.903. The van der Waals surface area contributed by atoms with Gasteiger partial charge in [-0.05, 0) is 29.8 Å². The lowest BCUT2D eigenvalue weighted by molar-refractivity contribution is -0.144. The quantitative estimate of drug-likeness (QED) is 0.376. The summed E-state index contributed by atoms with van der Waals surface area (Å²) in [7, 11) is 0. The Morgan fingerprint density at radius 3 is 2.65 bits per heavy atom. The van der Waals surface area contributed by atoms with E-state index in [0.717, 1.165) is 17.7 Å². The smallest absolute Gasteiger partial charge is 0.309 e. The molecule has 0 saturated heterocycles. The Bertz CT molecular complexity index is 464. The maximum absolute atomic E-state index is 11.3. The summed E-state index contributed by atoms with van der Waals surface area (Å²) in [5, 5.41) is 0.400. The van der Waals surface area contributed by atoms with Gasteiger partial charge in [-0.1, -0.05) is 39.0 Å². The van der Waals surface area contributed by atoms with Gasteiger partial charge in [0.2, 0.25) is 0 Å². The fourth-order valence-electron chi connectivity index (χ4n) is 1.38. The van der Waals surface area contributed by atoms with Gasteiger partial charge < -0.3 is 10.5 Å². The molecule has 0 aliphatic carbocycles. The molecule has 1 rings (SSSR count). The Hall–Kier alpha value is -1.01. The summed E-state index contributed by atoms with van der Waals surface area (Å²) in [5.74, 6) is -0.158. The van der Waals surface area contributed by atoms with Gasteiger partial charge >= 0.3 is 5.97 Å². The lowest BCUT2D eigenvalue weighted by atomic mass is 10.1. The molecule has 0 amide bonds. The summed E-state index contributed by atoms with van der Waals surface area (Å²) in [6.45, 7) is 5.66. The molecule has 0 atom stereocenters. The number of nitrogens with zero attached hydrogens (tertiary/aromatic N) is 1. The van der Waals surface area contributed by atoms with Crippen LogP contribution in [0.25, 0.3) is 0 Å². The van der Waals surface area contributed by atoms with Crippen LogP contribution in [0.15, 0.2) is 29.3 Å². The monoisotopic (exact) mass is 360 g/mol. The molecule has 0 bridgehead atoms. The van der Waals surface area contributed by atoms with Crippen LogP contribution in [0.4, 0.5) is 5.69 Å². The van der Waals surface area contributed by atoms with Gasteiger partial charge in [-0.3, -0.25) is 4.79 Å². The molecule has 4 nitrogen and oxygen atoms in total. The predicted molar refractivity (Wildman–Crippen MR) is 90.8 cm³/mol. The zero-order valence-corrected chi connectivity index (χ0v) is 14.5. The molecule has 0 saturated carbocycles. The lowest BCUT2D eigenvalue weighted by Crippen LogP contribution is -2.14. The minimum atomic E-state index is -0.228. The first-order valence-electron chi connectivity index (χ1n) is 6.26. The van der Waals surface area contributed by atoms with Crippen molar-refractivity contribution >= 4 is 45.6 Å². The van der Waals surface area contributed by atoms with Gasteiger partial charge in [0.1, 0.15) is 5.94 Å². The summed E-state index contributed by atoms with van der Waals surface area (Å²) >= 11 is 1.22. The van der Waals surface area contributed by atoms with Crippen molar-refractivity contribution in [2.75, 3.05) is 5.94 Å². The zero-order chi connectivity index (χ0) is 14.3. The van der Waals surface area contributed by atoms with E-state index in [4.69, 9.17) is 10.5 Å². The van der Waals surface area contributed by atoms with Crippen molar-refractivity contribution in [2.45, 2.75) is 27.2 Å². The number of carbonyl (C=O) groups is 1. The molecule has 0 spiro atoms. The molecule has 0 fully saturated rings. The van der Waals surface area contributed by atoms with Gasteiger partial charge in [-0.25, -0.2) is 4.99 Å². The summed E-state index contributed by atoms with van der Waals surface area (Å²) in [6, 6.07) is 7.85. The molecule has 0 aliphatic heterocycles. The Morgan fingerprint density at radius 2 is 2.05 bits per heavy atom. The number of hydrogen-bond acceptors (Lipinski definition) is 4. The van der Waals surface area contributed by atoms with Gasteiger partial charge in [-0.15, -0.1) is 17.0 Å². The van der Waals surface area contributed by atoms with Crippen LogP contribution < -0.4 is 5.73 Å². The Labute approximate surface area is 134 Å². The van der Waals surface area contributed by atoms with E-state index in [1.165, 1.54) is 11.8 Å². The number of para-hydroxylation sites is 1. The van der Waals surface area contributed by atoms with E-state index in [2.05, 4.69) is 11.9 Å². The number of ether oxygens (including phenoxy) is 1. The first-order valence-corrected chi connectivity index (χ1v) is 7.24. The van der Waals surface area contributed by atoms with Crippen molar-refractivity contribution < 1.29 is 9.53 Å². The molecule has 20 heavy (non-hydrogen) atoms. The molecular weight excluding hydrogens is 340 g/mol. The van der Waals surface area contributed by atoms with E-state index in [0.29, 0.717) is 5.17 Å².